The van der Waals surface area contributed by atoms with Crippen molar-refractivity contribution < 1.29 is 17.9 Å². The Balaban J connectivity index is 2.65. The predicted molar refractivity (Wildman–Crippen MR) is 79.3 cm³/mol. The summed E-state index contributed by atoms with van der Waals surface area (Å²) < 4.78 is 40.1. The van der Waals surface area contributed by atoms with Crippen LogP contribution in [0.25, 0.3) is 0 Å². The zero-order valence-electron chi connectivity index (χ0n) is 10.9. The largest absolute Gasteiger partial charge is 0.399 e. The standard InChI is InChI=1S/C12H18BrFN2O3S/c13-10-7-9(15)8-11(12(10)14)20(18,19)16-5-3-1-2-4-6-17/h7-8,16-17H,1-6,15H2. The molecule has 1 aromatic rings. The summed E-state index contributed by atoms with van der Waals surface area (Å²) in [7, 11) is -3.91. The molecule has 114 valence electrons. The molecule has 1 rings (SSSR count). The van der Waals surface area contributed by atoms with Gasteiger partial charge in [-0.15, -0.1) is 0 Å². The van der Waals surface area contributed by atoms with Gasteiger partial charge >= 0.3 is 0 Å². The average Bonchev–Trinajstić information content (AvgIpc) is 2.37. The summed E-state index contributed by atoms with van der Waals surface area (Å²) in [4.78, 5) is -0.459. The van der Waals surface area contributed by atoms with E-state index < -0.39 is 20.7 Å². The minimum Gasteiger partial charge on any atom is -0.399 e. The van der Waals surface area contributed by atoms with Crippen LogP contribution in [0, 0.1) is 5.82 Å². The number of nitrogens with two attached hydrogens (primary N) is 1. The van der Waals surface area contributed by atoms with Crippen molar-refractivity contribution in [3.8, 4) is 0 Å². The number of nitrogen functional groups attached to an aromatic ring is 1. The molecule has 0 saturated carbocycles. The predicted octanol–water partition coefficient (Wildman–Crippen LogP) is 2.00. The molecule has 0 unspecified atom stereocenters. The van der Waals surface area contributed by atoms with Crippen LogP contribution in [0.4, 0.5) is 10.1 Å². The maximum Gasteiger partial charge on any atom is 0.243 e. The molecular weight excluding hydrogens is 351 g/mol. The van der Waals surface area contributed by atoms with Crippen molar-refractivity contribution in [1.82, 2.24) is 4.72 Å². The SMILES string of the molecule is Nc1cc(Br)c(F)c(S(=O)(=O)NCCCCCCO)c1. The number of aliphatic hydroxyl groups is 1. The van der Waals surface area contributed by atoms with Gasteiger partial charge in [-0.25, -0.2) is 17.5 Å². The summed E-state index contributed by atoms with van der Waals surface area (Å²) in [5.41, 5.74) is 5.69. The molecule has 0 amide bonds. The van der Waals surface area contributed by atoms with E-state index in [1.807, 2.05) is 0 Å². The first-order valence-electron chi connectivity index (χ1n) is 6.23. The fourth-order valence-electron chi connectivity index (χ4n) is 1.65. The number of anilines is 1. The number of halogens is 2. The Hall–Kier alpha value is -0.700. The Bertz CT molecular complexity index is 552. The Labute approximate surface area is 126 Å². The van der Waals surface area contributed by atoms with E-state index in [0.717, 1.165) is 18.9 Å². The monoisotopic (exact) mass is 368 g/mol. The van der Waals surface area contributed by atoms with Gasteiger partial charge in [-0.1, -0.05) is 12.8 Å². The average molecular weight is 369 g/mol. The quantitative estimate of drug-likeness (QED) is 0.483. The van der Waals surface area contributed by atoms with Crippen molar-refractivity contribution in [2.45, 2.75) is 30.6 Å². The molecule has 0 aromatic heterocycles. The van der Waals surface area contributed by atoms with Crippen LogP contribution < -0.4 is 10.5 Å². The van der Waals surface area contributed by atoms with Crippen LogP contribution in [0.2, 0.25) is 0 Å². The van der Waals surface area contributed by atoms with E-state index in [2.05, 4.69) is 20.7 Å². The van der Waals surface area contributed by atoms with E-state index in [-0.39, 0.29) is 23.3 Å². The van der Waals surface area contributed by atoms with Crippen molar-refractivity contribution in [2.24, 2.45) is 0 Å². The molecule has 0 aliphatic rings. The highest BCUT2D eigenvalue weighted by Gasteiger charge is 2.21. The first-order chi connectivity index (χ1) is 9.38. The maximum atomic E-state index is 13.8. The van der Waals surface area contributed by atoms with Gasteiger partial charge in [0.15, 0.2) is 5.82 Å². The molecule has 1 aromatic carbocycles. The van der Waals surface area contributed by atoms with E-state index in [9.17, 15) is 12.8 Å². The van der Waals surface area contributed by atoms with Crippen LogP contribution in [-0.4, -0.2) is 26.7 Å². The number of sulfonamides is 1. The summed E-state index contributed by atoms with van der Waals surface area (Å²) in [5.74, 6) is -0.855. The molecule has 5 nitrogen and oxygen atoms in total. The highest BCUT2D eigenvalue weighted by atomic mass is 79.9. The molecule has 20 heavy (non-hydrogen) atoms. The van der Waals surface area contributed by atoms with E-state index >= 15 is 0 Å². The van der Waals surface area contributed by atoms with Crippen molar-refractivity contribution in [3.05, 3.63) is 22.4 Å². The van der Waals surface area contributed by atoms with Crippen LogP contribution in [-0.2, 0) is 10.0 Å². The number of rotatable bonds is 8. The van der Waals surface area contributed by atoms with Gasteiger partial charge in [0.05, 0.1) is 4.47 Å². The second-order valence-corrected chi connectivity index (χ2v) is 6.94. The van der Waals surface area contributed by atoms with Crippen LogP contribution in [0.15, 0.2) is 21.5 Å². The van der Waals surface area contributed by atoms with Gasteiger partial charge in [-0.2, -0.15) is 0 Å². The fourth-order valence-corrected chi connectivity index (χ4v) is 3.47. The smallest absolute Gasteiger partial charge is 0.243 e. The van der Waals surface area contributed by atoms with Gasteiger partial charge in [0.1, 0.15) is 4.90 Å². The lowest BCUT2D eigenvalue weighted by Crippen LogP contribution is -2.26. The Morgan fingerprint density at radius 3 is 2.55 bits per heavy atom. The molecule has 0 bridgehead atoms. The number of benzene rings is 1. The van der Waals surface area contributed by atoms with Gasteiger partial charge in [0.25, 0.3) is 0 Å². The minimum absolute atomic E-state index is 0.0146. The zero-order chi connectivity index (χ0) is 15.2. The topological polar surface area (TPSA) is 92.4 Å². The third kappa shape index (κ3) is 5.01. The second kappa shape index (κ2) is 7.92. The van der Waals surface area contributed by atoms with E-state index in [1.165, 1.54) is 6.07 Å². The molecule has 0 saturated heterocycles. The highest BCUT2D eigenvalue weighted by molar-refractivity contribution is 9.10. The lowest BCUT2D eigenvalue weighted by molar-refractivity contribution is 0.282. The van der Waals surface area contributed by atoms with E-state index in [1.54, 1.807) is 0 Å². The maximum absolute atomic E-state index is 13.8. The van der Waals surface area contributed by atoms with Gasteiger partial charge in [0, 0.05) is 18.8 Å². The van der Waals surface area contributed by atoms with Crippen LogP contribution >= 0.6 is 15.9 Å². The van der Waals surface area contributed by atoms with Crippen LogP contribution in [0.5, 0.6) is 0 Å². The molecule has 0 fully saturated rings. The summed E-state index contributed by atoms with van der Waals surface area (Å²) in [6, 6.07) is 2.40. The molecule has 0 atom stereocenters. The van der Waals surface area contributed by atoms with E-state index in [0.29, 0.717) is 12.8 Å². The number of hydrogen-bond donors (Lipinski definition) is 3. The third-order valence-electron chi connectivity index (χ3n) is 2.68. The molecule has 8 heteroatoms. The Morgan fingerprint density at radius 2 is 1.90 bits per heavy atom. The number of aliphatic hydroxyl groups excluding tert-OH is 1. The molecular formula is C12H18BrFN2O3S. The third-order valence-corrected chi connectivity index (χ3v) is 4.72. The summed E-state index contributed by atoms with van der Waals surface area (Å²) in [5, 5.41) is 8.61. The first-order valence-corrected chi connectivity index (χ1v) is 8.51. The van der Waals surface area contributed by atoms with Crippen molar-refractivity contribution in [3.63, 3.8) is 0 Å². The fraction of sp³-hybridized carbons (Fsp3) is 0.500. The second-order valence-electron chi connectivity index (χ2n) is 4.35. The van der Waals surface area contributed by atoms with Gasteiger partial charge < -0.3 is 10.8 Å². The number of nitrogens with one attached hydrogen (secondary N) is 1. The Kier molecular flexibility index (Phi) is 6.87. The molecule has 0 spiro atoms. The van der Waals surface area contributed by atoms with Crippen molar-refractivity contribution in [1.29, 1.82) is 0 Å². The van der Waals surface area contributed by atoms with Crippen LogP contribution in [0.1, 0.15) is 25.7 Å². The normalized spacial score (nSPS) is 11.8. The summed E-state index contributed by atoms with van der Waals surface area (Å²) in [6.07, 6.45) is 2.95. The molecule has 0 radical (unpaired) electrons. The number of hydrogen-bond acceptors (Lipinski definition) is 4. The Morgan fingerprint density at radius 1 is 1.25 bits per heavy atom. The van der Waals surface area contributed by atoms with Crippen LogP contribution in [0.3, 0.4) is 0 Å². The molecule has 0 aliphatic carbocycles. The molecule has 4 N–H and O–H groups in total. The summed E-state index contributed by atoms with van der Waals surface area (Å²) >= 11 is 2.93. The first kappa shape index (κ1) is 17.4. The zero-order valence-corrected chi connectivity index (χ0v) is 13.3. The van der Waals surface area contributed by atoms with Crippen molar-refractivity contribution in [2.75, 3.05) is 18.9 Å². The van der Waals surface area contributed by atoms with Gasteiger partial charge in [-0.05, 0) is 40.9 Å². The lowest BCUT2D eigenvalue weighted by Gasteiger charge is -2.09. The van der Waals surface area contributed by atoms with Crippen molar-refractivity contribution >= 4 is 31.6 Å². The molecule has 0 aliphatic heterocycles. The lowest BCUT2D eigenvalue weighted by atomic mass is 10.2. The highest BCUT2D eigenvalue weighted by Crippen LogP contribution is 2.25. The number of unbranched alkanes of at least 4 members (excludes halogenated alkanes) is 3. The summed E-state index contributed by atoms with van der Waals surface area (Å²) in [6.45, 7) is 0.355. The molecule has 0 heterocycles. The van der Waals surface area contributed by atoms with Gasteiger partial charge in [-0.3, -0.25) is 0 Å². The minimum atomic E-state index is -3.91. The van der Waals surface area contributed by atoms with E-state index in [4.69, 9.17) is 10.8 Å². The van der Waals surface area contributed by atoms with Gasteiger partial charge in [0.2, 0.25) is 10.0 Å².